The van der Waals surface area contributed by atoms with E-state index in [1.807, 2.05) is 19.1 Å². The summed E-state index contributed by atoms with van der Waals surface area (Å²) >= 11 is 10.3. The second-order valence-electron chi connectivity index (χ2n) is 12.8. The van der Waals surface area contributed by atoms with Gasteiger partial charge in [-0.2, -0.15) is 0 Å². The van der Waals surface area contributed by atoms with Gasteiger partial charge in [0, 0.05) is 31.4 Å². The van der Waals surface area contributed by atoms with Gasteiger partial charge in [-0.15, -0.1) is 13.2 Å². The number of methoxy groups -OCH3 is 1. The van der Waals surface area contributed by atoms with Crippen LogP contribution in [-0.2, 0) is 33.4 Å². The molecule has 3 fully saturated rings. The van der Waals surface area contributed by atoms with E-state index in [9.17, 15) is 24.3 Å². The zero-order chi connectivity index (χ0) is 36.2. The molecule has 3 amide bonds. The van der Waals surface area contributed by atoms with E-state index in [-0.39, 0.29) is 38.4 Å². The van der Waals surface area contributed by atoms with Crippen LogP contribution in [0.1, 0.15) is 36.5 Å². The van der Waals surface area contributed by atoms with Gasteiger partial charge in [0.15, 0.2) is 0 Å². The average Bonchev–Trinajstić information content (AvgIpc) is 3.69. The number of ether oxygens (including phenoxy) is 3. The number of anilines is 1. The summed E-state index contributed by atoms with van der Waals surface area (Å²) in [5.74, 6) is -4.11. The highest BCUT2D eigenvalue weighted by atomic mass is 79.9. The van der Waals surface area contributed by atoms with Crippen molar-refractivity contribution < 1.29 is 38.5 Å². The minimum atomic E-state index is -1.41. The van der Waals surface area contributed by atoms with Crippen molar-refractivity contribution in [3.63, 3.8) is 0 Å². The van der Waals surface area contributed by atoms with Crippen molar-refractivity contribution in [1.29, 1.82) is 0 Å². The van der Waals surface area contributed by atoms with E-state index >= 15 is 0 Å². The second-order valence-corrected chi connectivity index (χ2v) is 14.4. The Kier molecular flexibility index (Phi) is 12.2. The lowest BCUT2D eigenvalue weighted by atomic mass is 9.70. The van der Waals surface area contributed by atoms with Crippen LogP contribution in [-0.4, -0.2) is 95.7 Å². The minimum absolute atomic E-state index is 0.0338. The number of benzene rings is 2. The van der Waals surface area contributed by atoms with Crippen LogP contribution in [0.3, 0.4) is 0 Å². The molecule has 0 saturated carbocycles. The molecule has 2 N–H and O–H groups in total. The van der Waals surface area contributed by atoms with Gasteiger partial charge in [0.25, 0.3) is 5.91 Å². The quantitative estimate of drug-likeness (QED) is 0.147. The van der Waals surface area contributed by atoms with E-state index in [2.05, 4.69) is 34.4 Å². The summed E-state index contributed by atoms with van der Waals surface area (Å²) in [6.07, 6.45) is 2.35. The lowest BCUT2D eigenvalue weighted by molar-refractivity contribution is -0.163. The van der Waals surface area contributed by atoms with Crippen LogP contribution in [0.25, 0.3) is 0 Å². The summed E-state index contributed by atoms with van der Waals surface area (Å²) in [5, 5.41) is 13.4. The van der Waals surface area contributed by atoms with Gasteiger partial charge < -0.3 is 34.4 Å². The van der Waals surface area contributed by atoms with Gasteiger partial charge in [0.1, 0.15) is 17.7 Å². The summed E-state index contributed by atoms with van der Waals surface area (Å²) in [6, 6.07) is 12.3. The molecule has 2 aromatic carbocycles. The Labute approximate surface area is 305 Å². The molecular weight excluding hydrogens is 730 g/mol. The Morgan fingerprint density at radius 2 is 1.94 bits per heavy atom. The standard InChI is InChI=1S/C37H43BrClN3O8/c1-5-7-16-27(44)40-26(21-48-4)31(23-13-9-8-10-14-23)49-36(47)28-29-34(45)42(18-19-43)33(37(29)20-24(38)32(28)50-37)35(46)41(17-6-2)30-22(3)12-11-15-25(30)39/h5-6,8-15,24,26,28-29,31-33,43H,1-2,7,16-21H2,3-4H3,(H,40,44)/t24?,26-,28-,29+,31-,32-,33-,37+/m0/s1. The smallest absolute Gasteiger partial charge is 0.313 e. The number of allylic oxidation sites excluding steroid dienone is 1. The molecule has 11 nitrogen and oxygen atoms in total. The van der Waals surface area contributed by atoms with Crippen molar-refractivity contribution in [2.24, 2.45) is 11.8 Å². The number of para-hydroxylation sites is 1. The molecule has 13 heteroatoms. The van der Waals surface area contributed by atoms with E-state index in [1.165, 1.54) is 16.9 Å². The molecule has 1 unspecified atom stereocenters. The van der Waals surface area contributed by atoms with E-state index in [1.54, 1.807) is 48.6 Å². The normalized spacial score (nSPS) is 26.2. The number of halogens is 2. The molecule has 1 spiro atoms. The number of β-amino-alcohol motifs (C(OH)–C–C–N with tert-alkyl or cyclic N) is 1. The molecule has 3 heterocycles. The zero-order valence-electron chi connectivity index (χ0n) is 28.1. The van der Waals surface area contributed by atoms with E-state index < -0.39 is 70.9 Å². The van der Waals surface area contributed by atoms with E-state index in [4.69, 9.17) is 25.8 Å². The number of aryl methyl sites for hydroxylation is 1. The maximum atomic E-state index is 14.8. The fraction of sp³-hybridized carbons (Fsp3) is 0.459. The SMILES string of the molecule is C=CCCC(=O)N[C@@H](COC)[C@@H](OC(=O)[C@@H]1[C@H]2O[C@@]3(CC2Br)[C@H](C(=O)N(CC=C)c2c(C)cccc2Cl)N(CCO)C(=O)[C@@H]13)c1ccccc1. The molecule has 5 rings (SSSR count). The van der Waals surface area contributed by atoms with Gasteiger partial charge in [0.2, 0.25) is 11.8 Å². The Bertz CT molecular complexity index is 1590. The van der Waals surface area contributed by atoms with Crippen LogP contribution >= 0.6 is 27.5 Å². The number of hydrogen-bond donors (Lipinski definition) is 2. The molecule has 268 valence electrons. The largest absolute Gasteiger partial charge is 0.455 e. The number of carbonyl (C=O) groups is 4. The molecule has 8 atom stereocenters. The van der Waals surface area contributed by atoms with Gasteiger partial charge in [0.05, 0.1) is 47.9 Å². The number of nitrogens with one attached hydrogen (secondary N) is 1. The number of alkyl halides is 1. The topological polar surface area (TPSA) is 135 Å². The first-order valence-corrected chi connectivity index (χ1v) is 17.9. The van der Waals surface area contributed by atoms with Crippen molar-refractivity contribution in [2.75, 3.05) is 38.3 Å². The molecule has 3 saturated heterocycles. The number of amides is 3. The number of aliphatic hydroxyl groups excluding tert-OH is 1. The van der Waals surface area contributed by atoms with E-state index in [0.717, 1.165) is 5.56 Å². The Balaban J connectivity index is 1.52. The molecule has 0 aliphatic carbocycles. The highest BCUT2D eigenvalue weighted by Crippen LogP contribution is 2.60. The summed E-state index contributed by atoms with van der Waals surface area (Å²) in [4.78, 5) is 58.9. The fourth-order valence-electron chi connectivity index (χ4n) is 7.68. The van der Waals surface area contributed by atoms with Gasteiger partial charge in [-0.1, -0.05) is 82.1 Å². The minimum Gasteiger partial charge on any atom is -0.455 e. The highest BCUT2D eigenvalue weighted by Gasteiger charge is 2.77. The lowest BCUT2D eigenvalue weighted by Gasteiger charge is -2.37. The number of likely N-dealkylation sites (tertiary alicyclic amines) is 1. The predicted molar refractivity (Wildman–Crippen MR) is 192 cm³/mol. The van der Waals surface area contributed by atoms with Crippen LogP contribution < -0.4 is 10.2 Å². The molecule has 3 aliphatic heterocycles. The van der Waals surface area contributed by atoms with Crippen LogP contribution in [0.15, 0.2) is 73.8 Å². The van der Waals surface area contributed by atoms with Crippen LogP contribution in [0.2, 0.25) is 5.02 Å². The first kappa shape index (κ1) is 37.7. The zero-order valence-corrected chi connectivity index (χ0v) is 30.5. The van der Waals surface area contributed by atoms with Crippen LogP contribution in [0, 0.1) is 18.8 Å². The first-order chi connectivity index (χ1) is 24.0. The molecule has 2 aromatic rings. The monoisotopic (exact) mass is 771 g/mol. The molecule has 0 radical (unpaired) electrons. The fourth-order valence-corrected chi connectivity index (χ4v) is 8.95. The number of rotatable bonds is 16. The third-order valence-corrected chi connectivity index (χ3v) is 10.8. The Morgan fingerprint density at radius 1 is 1.20 bits per heavy atom. The second kappa shape index (κ2) is 16.2. The van der Waals surface area contributed by atoms with Gasteiger partial charge >= 0.3 is 5.97 Å². The maximum absolute atomic E-state index is 14.8. The average molecular weight is 773 g/mol. The van der Waals surface area contributed by atoms with Crippen molar-refractivity contribution in [3.8, 4) is 0 Å². The number of hydrogen-bond acceptors (Lipinski definition) is 8. The van der Waals surface area contributed by atoms with Gasteiger partial charge in [-0.3, -0.25) is 19.2 Å². The van der Waals surface area contributed by atoms with Gasteiger partial charge in [-0.25, -0.2) is 0 Å². The number of carbonyl (C=O) groups excluding carboxylic acids is 4. The highest BCUT2D eigenvalue weighted by molar-refractivity contribution is 9.09. The van der Waals surface area contributed by atoms with Crippen LogP contribution in [0.5, 0.6) is 0 Å². The van der Waals surface area contributed by atoms with E-state index in [0.29, 0.717) is 22.7 Å². The molecule has 0 aromatic heterocycles. The van der Waals surface area contributed by atoms with Crippen molar-refractivity contribution in [1.82, 2.24) is 10.2 Å². The molecule has 2 bridgehead atoms. The number of esters is 1. The number of nitrogens with zero attached hydrogens (tertiary/aromatic N) is 2. The maximum Gasteiger partial charge on any atom is 0.313 e. The summed E-state index contributed by atoms with van der Waals surface area (Å²) in [7, 11) is 1.49. The summed E-state index contributed by atoms with van der Waals surface area (Å²) in [6.45, 7) is 8.90. The molecule has 3 aliphatic rings. The Hall–Kier alpha value is -3.55. The number of aliphatic hydroxyl groups is 1. The first-order valence-electron chi connectivity index (χ1n) is 16.6. The molecule has 50 heavy (non-hydrogen) atoms. The third-order valence-electron chi connectivity index (χ3n) is 9.68. The molecular formula is C37H43BrClN3O8. The lowest BCUT2D eigenvalue weighted by Crippen LogP contribution is -2.57. The van der Waals surface area contributed by atoms with Crippen molar-refractivity contribution >= 4 is 56.9 Å². The van der Waals surface area contributed by atoms with Gasteiger partial charge in [-0.05, 0) is 37.0 Å². The van der Waals surface area contributed by atoms with Crippen LogP contribution in [0.4, 0.5) is 5.69 Å². The summed E-state index contributed by atoms with van der Waals surface area (Å²) in [5.41, 5.74) is 0.418. The van der Waals surface area contributed by atoms with Crippen molar-refractivity contribution in [3.05, 3.63) is 90.0 Å². The van der Waals surface area contributed by atoms with Crippen molar-refractivity contribution in [2.45, 2.75) is 60.9 Å². The summed E-state index contributed by atoms with van der Waals surface area (Å²) < 4.78 is 18.4. The predicted octanol–water partition coefficient (Wildman–Crippen LogP) is 4.29. The number of fused-ring (bicyclic) bond motifs is 1. The third kappa shape index (κ3) is 7.01. The Morgan fingerprint density at radius 3 is 2.58 bits per heavy atom.